The summed E-state index contributed by atoms with van der Waals surface area (Å²) in [7, 11) is 9.71. The van der Waals surface area contributed by atoms with Crippen molar-refractivity contribution in [3.05, 3.63) is 95.4 Å². The minimum Gasteiger partial charge on any atom is -0.494 e. The van der Waals surface area contributed by atoms with Crippen molar-refractivity contribution in [3.63, 3.8) is 0 Å². The molecule has 0 amide bonds. The van der Waals surface area contributed by atoms with Gasteiger partial charge in [-0.05, 0) is 43.8 Å². The highest BCUT2D eigenvalue weighted by Crippen LogP contribution is 2.49. The molecule has 1 N–H and O–H groups in total. The zero-order chi connectivity index (χ0) is 29.6. The molecule has 2 heterocycles. The van der Waals surface area contributed by atoms with E-state index in [9.17, 15) is 5.11 Å². The summed E-state index contributed by atoms with van der Waals surface area (Å²) in [5.41, 5.74) is 1.13. The van der Waals surface area contributed by atoms with Gasteiger partial charge in [0.2, 0.25) is 17.6 Å². The maximum absolute atomic E-state index is 16.2. The first-order chi connectivity index (χ1) is 19.7. The summed E-state index contributed by atoms with van der Waals surface area (Å²) < 4.78 is 38.2. The van der Waals surface area contributed by atoms with Crippen LogP contribution < -0.4 is 18.9 Å². The molecule has 9 heteroatoms. The van der Waals surface area contributed by atoms with Crippen LogP contribution >= 0.6 is 0 Å². The maximum Gasteiger partial charge on any atom is 0.217 e. The number of aromatic nitrogens is 2. The molecule has 0 saturated heterocycles. The molecule has 4 rings (SSSR count). The zero-order valence-electron chi connectivity index (χ0n) is 24.2. The van der Waals surface area contributed by atoms with Gasteiger partial charge in [-0.3, -0.25) is 0 Å². The molecule has 8 nitrogen and oxygen atoms in total. The second-order valence-electron chi connectivity index (χ2n) is 9.90. The average Bonchev–Trinajstić information content (AvgIpc) is 3.01. The van der Waals surface area contributed by atoms with Crippen molar-refractivity contribution in [3.8, 4) is 34.5 Å². The van der Waals surface area contributed by atoms with Gasteiger partial charge in [0.25, 0.3) is 0 Å². The van der Waals surface area contributed by atoms with E-state index in [0.717, 1.165) is 11.1 Å². The van der Waals surface area contributed by atoms with Crippen molar-refractivity contribution in [2.75, 3.05) is 49.1 Å². The summed E-state index contributed by atoms with van der Waals surface area (Å²) in [6.07, 6.45) is 1.91. The van der Waals surface area contributed by atoms with Crippen LogP contribution in [0.15, 0.2) is 72.9 Å². The van der Waals surface area contributed by atoms with Gasteiger partial charge in [-0.25, -0.2) is 9.37 Å². The van der Waals surface area contributed by atoms with Crippen LogP contribution in [-0.2, 0) is 5.60 Å². The molecule has 0 aliphatic rings. The van der Waals surface area contributed by atoms with Crippen LogP contribution in [0.5, 0.6) is 23.4 Å². The Bertz CT molecular complexity index is 1450. The molecule has 0 aliphatic heterocycles. The highest BCUT2D eigenvalue weighted by molar-refractivity contribution is 5.65. The smallest absolute Gasteiger partial charge is 0.217 e. The maximum atomic E-state index is 16.2. The van der Waals surface area contributed by atoms with Crippen molar-refractivity contribution in [1.82, 2.24) is 14.9 Å². The third kappa shape index (κ3) is 6.26. The number of ether oxygens (including phenoxy) is 4. The van der Waals surface area contributed by atoms with Crippen molar-refractivity contribution in [1.29, 1.82) is 0 Å². The second kappa shape index (κ2) is 13.0. The lowest BCUT2D eigenvalue weighted by molar-refractivity contribution is 0.00229. The molecule has 4 aromatic rings. The molecule has 0 radical (unpaired) electrons. The largest absolute Gasteiger partial charge is 0.494 e. The van der Waals surface area contributed by atoms with Gasteiger partial charge in [0.1, 0.15) is 5.60 Å². The SMILES string of the molecule is COc1cc([C@@](O)(CCN(C)C)[C@@H](c2cc(-c3ccccc3)cnc2OC)c2cccc(OC)c2F)cc(OC)n1. The number of aliphatic hydroxyl groups is 1. The van der Waals surface area contributed by atoms with Crippen LogP contribution in [0.25, 0.3) is 11.1 Å². The Kier molecular flexibility index (Phi) is 9.42. The first kappa shape index (κ1) is 29.8. The van der Waals surface area contributed by atoms with Gasteiger partial charge in [-0.15, -0.1) is 0 Å². The zero-order valence-corrected chi connectivity index (χ0v) is 24.2. The van der Waals surface area contributed by atoms with Gasteiger partial charge in [-0.2, -0.15) is 4.98 Å². The lowest BCUT2D eigenvalue weighted by Crippen LogP contribution is -2.38. The highest BCUT2D eigenvalue weighted by atomic mass is 19.1. The predicted molar refractivity (Wildman–Crippen MR) is 155 cm³/mol. The van der Waals surface area contributed by atoms with E-state index >= 15 is 4.39 Å². The minimum atomic E-state index is -1.72. The van der Waals surface area contributed by atoms with Crippen molar-refractivity contribution in [2.45, 2.75) is 17.9 Å². The summed E-state index contributed by atoms with van der Waals surface area (Å²) >= 11 is 0. The van der Waals surface area contributed by atoms with Gasteiger partial charge in [-0.1, -0.05) is 42.5 Å². The second-order valence-corrected chi connectivity index (χ2v) is 9.90. The predicted octanol–water partition coefficient (Wildman–Crippen LogP) is 5.29. The molecule has 2 atom stereocenters. The van der Waals surface area contributed by atoms with E-state index in [2.05, 4.69) is 9.97 Å². The summed E-state index contributed by atoms with van der Waals surface area (Å²) in [4.78, 5) is 10.9. The first-order valence-corrected chi connectivity index (χ1v) is 13.1. The highest BCUT2D eigenvalue weighted by Gasteiger charge is 2.44. The fraction of sp³-hybridized carbons (Fsp3) is 0.312. The van der Waals surface area contributed by atoms with Crippen molar-refractivity contribution < 1.29 is 28.4 Å². The summed E-state index contributed by atoms with van der Waals surface area (Å²) in [5.74, 6) is -0.790. The number of methoxy groups -OCH3 is 4. The molecule has 0 unspecified atom stereocenters. The fourth-order valence-corrected chi connectivity index (χ4v) is 5.01. The number of benzene rings is 2. The molecule has 0 aliphatic carbocycles. The van der Waals surface area contributed by atoms with Crippen LogP contribution in [0.4, 0.5) is 4.39 Å². The van der Waals surface area contributed by atoms with Crippen molar-refractivity contribution in [2.24, 2.45) is 0 Å². The normalized spacial score (nSPS) is 13.4. The van der Waals surface area contributed by atoms with Gasteiger partial charge in [0.05, 0.1) is 34.4 Å². The molecule has 2 aromatic carbocycles. The monoisotopic (exact) mass is 561 g/mol. The Labute approximate surface area is 240 Å². The minimum absolute atomic E-state index is 0.0542. The van der Waals surface area contributed by atoms with E-state index in [1.807, 2.05) is 55.4 Å². The third-order valence-corrected chi connectivity index (χ3v) is 7.13. The molecule has 0 fully saturated rings. The summed E-state index contributed by atoms with van der Waals surface area (Å²) in [5, 5.41) is 13.0. The molecule has 0 spiro atoms. The molecule has 41 heavy (non-hydrogen) atoms. The van der Waals surface area contributed by atoms with Gasteiger partial charge >= 0.3 is 0 Å². The summed E-state index contributed by atoms with van der Waals surface area (Å²) in [6.45, 7) is 0.472. The molecular weight excluding hydrogens is 525 g/mol. The molecular formula is C32H36FN3O5. The Hall–Kier alpha value is -4.21. The number of halogens is 1. The fourth-order valence-electron chi connectivity index (χ4n) is 5.01. The van der Waals surface area contributed by atoms with Gasteiger partial charge in [0, 0.05) is 41.6 Å². The van der Waals surface area contributed by atoms with E-state index in [0.29, 0.717) is 17.7 Å². The lowest BCUT2D eigenvalue weighted by atomic mass is 9.71. The number of nitrogens with zero attached hydrogens (tertiary/aromatic N) is 3. The Morgan fingerprint density at radius 1 is 0.829 bits per heavy atom. The first-order valence-electron chi connectivity index (χ1n) is 13.1. The van der Waals surface area contributed by atoms with Gasteiger partial charge in [0.15, 0.2) is 11.6 Å². The number of hydrogen-bond donors (Lipinski definition) is 1. The van der Waals surface area contributed by atoms with Crippen LogP contribution in [0.3, 0.4) is 0 Å². The van der Waals surface area contributed by atoms with Gasteiger partial charge < -0.3 is 29.0 Å². The van der Waals surface area contributed by atoms with Crippen LogP contribution in [0.1, 0.15) is 29.0 Å². The number of rotatable bonds is 12. The molecule has 0 saturated carbocycles. The number of hydrogen-bond acceptors (Lipinski definition) is 8. The Morgan fingerprint density at radius 2 is 1.51 bits per heavy atom. The van der Waals surface area contributed by atoms with E-state index < -0.39 is 17.3 Å². The quantitative estimate of drug-likeness (QED) is 0.250. The lowest BCUT2D eigenvalue weighted by Gasteiger charge is -2.39. The Morgan fingerprint density at radius 3 is 2.10 bits per heavy atom. The van der Waals surface area contributed by atoms with Crippen LogP contribution in [-0.4, -0.2) is 69.1 Å². The molecule has 216 valence electrons. The Balaban J connectivity index is 2.09. The van der Waals surface area contributed by atoms with E-state index in [-0.39, 0.29) is 35.4 Å². The number of pyridine rings is 2. The molecule has 0 bridgehead atoms. The van der Waals surface area contributed by atoms with Crippen LogP contribution in [0, 0.1) is 5.82 Å². The topological polar surface area (TPSA) is 86.2 Å². The van der Waals surface area contributed by atoms with Crippen LogP contribution in [0.2, 0.25) is 0 Å². The van der Waals surface area contributed by atoms with E-state index in [1.165, 1.54) is 28.4 Å². The summed E-state index contributed by atoms with van der Waals surface area (Å²) in [6, 6.07) is 19.8. The standard InChI is InChI=1S/C32H36FN3O5/c1-36(2)16-15-32(37,23-18-27(39-4)35-28(19-23)40-5)29(24-13-10-14-26(38-3)30(24)33)25-17-22(20-34-31(25)41-6)21-11-8-7-9-12-21/h7-14,17-20,29,37H,15-16H2,1-6H3/t29-,32+/m1/s1. The average molecular weight is 562 g/mol. The van der Waals surface area contributed by atoms with E-state index in [1.54, 1.807) is 36.5 Å². The third-order valence-electron chi connectivity index (χ3n) is 7.13. The van der Waals surface area contributed by atoms with Crippen molar-refractivity contribution >= 4 is 0 Å². The van der Waals surface area contributed by atoms with E-state index in [4.69, 9.17) is 18.9 Å². The molecule has 2 aromatic heterocycles.